The molecule has 1 N–H and O–H groups in total. The van der Waals surface area contributed by atoms with Crippen molar-refractivity contribution in [3.63, 3.8) is 0 Å². The SMILES string of the molecule is N#Cc1ccc(C(=O)NN=Cc2cn(Cc3ccccc3C#N)c3ccccc23)c(F)c1. The number of nitriles is 2. The quantitative estimate of drug-likeness (QED) is 0.384. The highest BCUT2D eigenvalue weighted by molar-refractivity contribution is 6.00. The molecule has 0 aliphatic heterocycles. The minimum Gasteiger partial charge on any atom is -0.342 e. The van der Waals surface area contributed by atoms with Crippen LogP contribution in [0.25, 0.3) is 10.9 Å². The molecule has 0 saturated carbocycles. The third kappa shape index (κ3) is 4.09. The lowest BCUT2D eigenvalue weighted by Gasteiger charge is -2.07. The van der Waals surface area contributed by atoms with Crippen molar-refractivity contribution >= 4 is 23.0 Å². The molecule has 7 heteroatoms. The largest absolute Gasteiger partial charge is 0.342 e. The van der Waals surface area contributed by atoms with E-state index in [1.165, 1.54) is 18.3 Å². The van der Waals surface area contributed by atoms with Gasteiger partial charge in [0, 0.05) is 29.2 Å². The van der Waals surface area contributed by atoms with Crippen LogP contribution in [-0.2, 0) is 6.54 Å². The number of hydrazone groups is 1. The maximum Gasteiger partial charge on any atom is 0.274 e. The molecule has 0 spiro atoms. The number of rotatable bonds is 5. The Labute approximate surface area is 183 Å². The van der Waals surface area contributed by atoms with Crippen molar-refractivity contribution < 1.29 is 9.18 Å². The number of carbonyl (C=O) groups is 1. The van der Waals surface area contributed by atoms with Crippen molar-refractivity contribution in [2.75, 3.05) is 0 Å². The Bertz CT molecular complexity index is 1440. The maximum absolute atomic E-state index is 14.0. The number of benzene rings is 3. The summed E-state index contributed by atoms with van der Waals surface area (Å²) >= 11 is 0. The Morgan fingerprint density at radius 1 is 1.06 bits per heavy atom. The molecule has 0 aliphatic rings. The van der Waals surface area contributed by atoms with Crippen LogP contribution in [0.2, 0.25) is 0 Å². The van der Waals surface area contributed by atoms with Crippen LogP contribution >= 0.6 is 0 Å². The predicted molar refractivity (Wildman–Crippen MR) is 118 cm³/mol. The average molecular weight is 421 g/mol. The zero-order valence-electron chi connectivity index (χ0n) is 16.8. The fourth-order valence-electron chi connectivity index (χ4n) is 3.45. The number of halogens is 1. The van der Waals surface area contributed by atoms with Gasteiger partial charge in [0.1, 0.15) is 5.82 Å². The highest BCUT2D eigenvalue weighted by Gasteiger charge is 2.12. The number of hydrogen-bond acceptors (Lipinski definition) is 4. The Hall–Kier alpha value is -4.75. The standard InChI is InChI=1S/C25H16FN5O/c26-23-11-17(12-27)9-10-22(23)25(32)30-29-14-20-16-31(24-8-4-3-7-21(20)24)15-19-6-2-1-5-18(19)13-28/h1-11,14,16H,15H2,(H,30,32). The van der Waals surface area contributed by atoms with Gasteiger partial charge in [0.25, 0.3) is 5.91 Å². The number of amides is 1. The summed E-state index contributed by atoms with van der Waals surface area (Å²) in [5.74, 6) is -1.50. The Kier molecular flexibility index (Phi) is 5.74. The monoisotopic (exact) mass is 421 g/mol. The highest BCUT2D eigenvalue weighted by atomic mass is 19.1. The van der Waals surface area contributed by atoms with E-state index < -0.39 is 11.7 Å². The summed E-state index contributed by atoms with van der Waals surface area (Å²) < 4.78 is 16.0. The lowest BCUT2D eigenvalue weighted by Crippen LogP contribution is -2.19. The molecular weight excluding hydrogens is 405 g/mol. The van der Waals surface area contributed by atoms with Crippen molar-refractivity contribution in [2.24, 2.45) is 5.10 Å². The van der Waals surface area contributed by atoms with Crippen LogP contribution in [0, 0.1) is 28.5 Å². The van der Waals surface area contributed by atoms with Crippen molar-refractivity contribution in [3.8, 4) is 12.1 Å². The van der Waals surface area contributed by atoms with E-state index in [1.807, 2.05) is 59.3 Å². The molecular formula is C25H16FN5O. The summed E-state index contributed by atoms with van der Waals surface area (Å²) in [6.07, 6.45) is 3.38. The Balaban J connectivity index is 1.59. The van der Waals surface area contributed by atoms with Gasteiger partial charge in [-0.05, 0) is 35.9 Å². The first kappa shape index (κ1) is 20.5. The van der Waals surface area contributed by atoms with E-state index in [4.69, 9.17) is 5.26 Å². The highest BCUT2D eigenvalue weighted by Crippen LogP contribution is 2.22. The van der Waals surface area contributed by atoms with Crippen LogP contribution in [0.3, 0.4) is 0 Å². The van der Waals surface area contributed by atoms with Gasteiger partial charge in [-0.25, -0.2) is 9.82 Å². The summed E-state index contributed by atoms with van der Waals surface area (Å²) in [5.41, 5.74) is 5.47. The molecule has 32 heavy (non-hydrogen) atoms. The second-order valence-corrected chi connectivity index (χ2v) is 7.00. The molecule has 1 amide bonds. The summed E-state index contributed by atoms with van der Waals surface area (Å²) in [4.78, 5) is 12.3. The van der Waals surface area contributed by atoms with E-state index in [0.29, 0.717) is 12.1 Å². The molecule has 0 bridgehead atoms. The van der Waals surface area contributed by atoms with E-state index >= 15 is 0 Å². The summed E-state index contributed by atoms with van der Waals surface area (Å²) in [5, 5.41) is 23.1. The van der Waals surface area contributed by atoms with E-state index in [1.54, 1.807) is 6.07 Å². The van der Waals surface area contributed by atoms with Gasteiger partial charge in [0.2, 0.25) is 0 Å². The zero-order chi connectivity index (χ0) is 22.5. The van der Waals surface area contributed by atoms with Gasteiger partial charge >= 0.3 is 0 Å². The van der Waals surface area contributed by atoms with Crippen LogP contribution < -0.4 is 5.43 Å². The van der Waals surface area contributed by atoms with E-state index in [2.05, 4.69) is 16.6 Å². The number of hydrogen-bond donors (Lipinski definition) is 1. The summed E-state index contributed by atoms with van der Waals surface area (Å²) in [7, 11) is 0. The zero-order valence-corrected chi connectivity index (χ0v) is 16.8. The number of aromatic nitrogens is 1. The molecule has 1 aromatic heterocycles. The second-order valence-electron chi connectivity index (χ2n) is 7.00. The molecule has 0 aliphatic carbocycles. The molecule has 4 rings (SSSR count). The van der Waals surface area contributed by atoms with Crippen LogP contribution in [-0.4, -0.2) is 16.7 Å². The number of carbonyl (C=O) groups excluding carboxylic acids is 1. The predicted octanol–water partition coefficient (Wildman–Crippen LogP) is 4.34. The maximum atomic E-state index is 14.0. The average Bonchev–Trinajstić information content (AvgIpc) is 3.16. The molecule has 6 nitrogen and oxygen atoms in total. The van der Waals surface area contributed by atoms with Crippen LogP contribution in [0.1, 0.15) is 32.6 Å². The van der Waals surface area contributed by atoms with E-state index in [-0.39, 0.29) is 11.1 Å². The minimum atomic E-state index is -0.787. The van der Waals surface area contributed by atoms with Crippen LogP contribution in [0.4, 0.5) is 4.39 Å². The molecule has 0 unspecified atom stereocenters. The van der Waals surface area contributed by atoms with Crippen molar-refractivity contribution in [1.29, 1.82) is 10.5 Å². The lowest BCUT2D eigenvalue weighted by atomic mass is 10.1. The van der Waals surface area contributed by atoms with Gasteiger partial charge in [-0.15, -0.1) is 0 Å². The Morgan fingerprint density at radius 3 is 2.62 bits per heavy atom. The second kappa shape index (κ2) is 8.95. The molecule has 4 aromatic rings. The molecule has 1 heterocycles. The van der Waals surface area contributed by atoms with Gasteiger partial charge in [0.05, 0.1) is 35.0 Å². The topological polar surface area (TPSA) is 94.0 Å². The number of nitrogens with one attached hydrogen (secondary N) is 1. The van der Waals surface area contributed by atoms with Crippen molar-refractivity contribution in [3.05, 3.63) is 107 Å². The molecule has 0 radical (unpaired) electrons. The third-order valence-electron chi connectivity index (χ3n) is 5.01. The van der Waals surface area contributed by atoms with Gasteiger partial charge in [-0.1, -0.05) is 36.4 Å². The Morgan fingerprint density at radius 2 is 1.84 bits per heavy atom. The van der Waals surface area contributed by atoms with Gasteiger partial charge in [0.15, 0.2) is 0 Å². The molecule has 0 fully saturated rings. The van der Waals surface area contributed by atoms with Gasteiger partial charge < -0.3 is 4.57 Å². The number of nitrogens with zero attached hydrogens (tertiary/aromatic N) is 4. The van der Waals surface area contributed by atoms with E-state index in [0.717, 1.165) is 28.1 Å². The fraction of sp³-hybridized carbons (Fsp3) is 0.0400. The first-order valence-corrected chi connectivity index (χ1v) is 9.69. The van der Waals surface area contributed by atoms with Gasteiger partial charge in [-0.3, -0.25) is 4.79 Å². The van der Waals surface area contributed by atoms with Crippen molar-refractivity contribution in [1.82, 2.24) is 9.99 Å². The normalized spacial score (nSPS) is 10.7. The van der Waals surface area contributed by atoms with Crippen LogP contribution in [0.15, 0.2) is 78.0 Å². The van der Waals surface area contributed by atoms with Gasteiger partial charge in [-0.2, -0.15) is 15.6 Å². The smallest absolute Gasteiger partial charge is 0.274 e. The fourth-order valence-corrected chi connectivity index (χ4v) is 3.45. The minimum absolute atomic E-state index is 0.133. The molecule has 0 saturated heterocycles. The van der Waals surface area contributed by atoms with Crippen LogP contribution in [0.5, 0.6) is 0 Å². The lowest BCUT2D eigenvalue weighted by molar-refractivity contribution is 0.0951. The summed E-state index contributed by atoms with van der Waals surface area (Å²) in [6.45, 7) is 0.501. The third-order valence-corrected chi connectivity index (χ3v) is 5.01. The van der Waals surface area contributed by atoms with E-state index in [9.17, 15) is 14.4 Å². The first-order chi connectivity index (χ1) is 15.6. The van der Waals surface area contributed by atoms with Crippen molar-refractivity contribution in [2.45, 2.75) is 6.54 Å². The first-order valence-electron chi connectivity index (χ1n) is 9.69. The number of para-hydroxylation sites is 1. The molecule has 0 atom stereocenters. The molecule has 3 aromatic carbocycles. The number of fused-ring (bicyclic) bond motifs is 1. The molecule has 154 valence electrons. The summed E-state index contributed by atoms with van der Waals surface area (Å²) in [6, 6.07) is 22.8.